The van der Waals surface area contributed by atoms with E-state index in [1.807, 2.05) is 18.4 Å². The summed E-state index contributed by atoms with van der Waals surface area (Å²) in [5.41, 5.74) is 5.81. The van der Waals surface area contributed by atoms with E-state index in [0.717, 1.165) is 23.3 Å². The number of thiophene rings is 1. The highest BCUT2D eigenvalue weighted by Crippen LogP contribution is 2.21. The van der Waals surface area contributed by atoms with Crippen molar-refractivity contribution in [1.82, 2.24) is 15.2 Å². The molecule has 1 aliphatic rings. The van der Waals surface area contributed by atoms with Crippen LogP contribution in [0.4, 0.5) is 0 Å². The fourth-order valence-electron chi connectivity index (χ4n) is 2.81. The zero-order chi connectivity index (χ0) is 20.1. The standard InChI is InChI=1S/C19H21N3O4S2/c1-14-9-12-27-17(14)7-8-18(23)20-21-19(24)15-5-4-6-16(13-15)28(25,26)22-10-2-3-11-22/h4-9,12-13H,2-3,10-11H2,1H3,(H,20,23)(H,21,24)/b8-7+. The molecule has 2 amide bonds. The van der Waals surface area contributed by atoms with Gasteiger partial charge in [0, 0.05) is 29.6 Å². The second kappa shape index (κ2) is 8.68. The number of rotatable bonds is 5. The van der Waals surface area contributed by atoms with Crippen LogP contribution >= 0.6 is 11.3 Å². The smallest absolute Gasteiger partial charge is 0.268 e. The normalized spacial score (nSPS) is 15.0. The molecule has 0 unspecified atom stereocenters. The van der Waals surface area contributed by atoms with E-state index < -0.39 is 21.8 Å². The number of amides is 2. The Labute approximate surface area is 168 Å². The number of benzene rings is 1. The molecule has 3 rings (SSSR count). The third kappa shape index (κ3) is 4.67. The average Bonchev–Trinajstić information content (AvgIpc) is 3.37. The van der Waals surface area contributed by atoms with Crippen molar-refractivity contribution < 1.29 is 18.0 Å². The molecule has 1 saturated heterocycles. The van der Waals surface area contributed by atoms with Crippen LogP contribution in [0.25, 0.3) is 6.08 Å². The van der Waals surface area contributed by atoms with E-state index in [1.165, 1.54) is 46.0 Å². The summed E-state index contributed by atoms with van der Waals surface area (Å²) in [7, 11) is -3.61. The van der Waals surface area contributed by atoms with Gasteiger partial charge >= 0.3 is 0 Å². The maximum atomic E-state index is 12.6. The lowest BCUT2D eigenvalue weighted by molar-refractivity contribution is -0.117. The van der Waals surface area contributed by atoms with Crippen LogP contribution < -0.4 is 10.9 Å². The molecule has 0 aliphatic carbocycles. The Bertz CT molecular complexity index is 1010. The zero-order valence-electron chi connectivity index (χ0n) is 15.3. The van der Waals surface area contributed by atoms with Crippen molar-refractivity contribution in [3.8, 4) is 0 Å². The molecule has 7 nitrogen and oxygen atoms in total. The largest absolute Gasteiger partial charge is 0.269 e. The molecule has 9 heteroatoms. The number of carbonyl (C=O) groups is 2. The summed E-state index contributed by atoms with van der Waals surface area (Å²) < 4.78 is 26.7. The zero-order valence-corrected chi connectivity index (χ0v) is 17.0. The Morgan fingerprint density at radius 1 is 1.14 bits per heavy atom. The number of hydrogen-bond acceptors (Lipinski definition) is 5. The molecule has 0 saturated carbocycles. The second-order valence-corrected chi connectivity index (χ2v) is 9.27. The van der Waals surface area contributed by atoms with Gasteiger partial charge in [-0.25, -0.2) is 8.42 Å². The molecule has 2 aromatic rings. The fraction of sp³-hybridized carbons (Fsp3) is 0.263. The summed E-state index contributed by atoms with van der Waals surface area (Å²) in [4.78, 5) is 25.2. The molecule has 1 aromatic heterocycles. The molecule has 0 radical (unpaired) electrons. The maximum absolute atomic E-state index is 12.6. The van der Waals surface area contributed by atoms with Crippen molar-refractivity contribution >= 4 is 39.3 Å². The lowest BCUT2D eigenvalue weighted by Crippen LogP contribution is -2.40. The van der Waals surface area contributed by atoms with Gasteiger partial charge in [-0.2, -0.15) is 4.31 Å². The number of hydrazine groups is 1. The molecule has 148 valence electrons. The Balaban J connectivity index is 1.62. The fourth-order valence-corrected chi connectivity index (χ4v) is 5.20. The predicted octanol–water partition coefficient (Wildman–Crippen LogP) is 2.32. The molecule has 28 heavy (non-hydrogen) atoms. The third-order valence-electron chi connectivity index (χ3n) is 4.39. The van der Waals surface area contributed by atoms with Gasteiger partial charge in [-0.1, -0.05) is 6.07 Å². The average molecular weight is 420 g/mol. The first-order valence-corrected chi connectivity index (χ1v) is 11.1. The molecule has 2 N–H and O–H groups in total. The van der Waals surface area contributed by atoms with Gasteiger partial charge in [0.25, 0.3) is 11.8 Å². The predicted molar refractivity (Wildman–Crippen MR) is 108 cm³/mol. The molecule has 0 atom stereocenters. The Morgan fingerprint density at radius 2 is 1.89 bits per heavy atom. The van der Waals surface area contributed by atoms with Crippen LogP contribution in [-0.2, 0) is 14.8 Å². The van der Waals surface area contributed by atoms with Crippen LogP contribution in [0.2, 0.25) is 0 Å². The topological polar surface area (TPSA) is 95.6 Å². The van der Waals surface area contributed by atoms with E-state index >= 15 is 0 Å². The van der Waals surface area contributed by atoms with Crippen LogP contribution in [0.1, 0.15) is 33.6 Å². The van der Waals surface area contributed by atoms with Crippen LogP contribution in [0.3, 0.4) is 0 Å². The summed E-state index contributed by atoms with van der Waals surface area (Å²) in [6.45, 7) is 2.93. The van der Waals surface area contributed by atoms with Gasteiger partial charge in [-0.05, 0) is 61.1 Å². The highest BCUT2D eigenvalue weighted by Gasteiger charge is 2.27. The van der Waals surface area contributed by atoms with Gasteiger partial charge in [0.1, 0.15) is 0 Å². The van der Waals surface area contributed by atoms with E-state index in [0.29, 0.717) is 13.1 Å². The molecule has 1 aromatic carbocycles. The minimum Gasteiger partial charge on any atom is -0.268 e. The van der Waals surface area contributed by atoms with Crippen molar-refractivity contribution in [2.75, 3.05) is 13.1 Å². The van der Waals surface area contributed by atoms with Crippen LogP contribution in [0, 0.1) is 6.92 Å². The van der Waals surface area contributed by atoms with Gasteiger partial charge in [-0.3, -0.25) is 20.4 Å². The van der Waals surface area contributed by atoms with Crippen LogP contribution in [-0.4, -0.2) is 37.6 Å². The maximum Gasteiger partial charge on any atom is 0.269 e. The minimum absolute atomic E-state index is 0.0708. The first-order valence-electron chi connectivity index (χ1n) is 8.80. The van der Waals surface area contributed by atoms with Gasteiger partial charge in [0.15, 0.2) is 0 Å². The van der Waals surface area contributed by atoms with E-state index in [-0.39, 0.29) is 10.5 Å². The SMILES string of the molecule is Cc1ccsc1/C=C/C(=O)NNC(=O)c1cccc(S(=O)(=O)N2CCCC2)c1. The summed E-state index contributed by atoms with van der Waals surface area (Å²) in [6.07, 6.45) is 4.67. The van der Waals surface area contributed by atoms with Crippen LogP contribution in [0.15, 0.2) is 46.7 Å². The van der Waals surface area contributed by atoms with Crippen molar-refractivity contribution in [2.24, 2.45) is 0 Å². The first kappa shape index (κ1) is 20.2. The van der Waals surface area contributed by atoms with Crippen molar-refractivity contribution in [3.63, 3.8) is 0 Å². The molecular weight excluding hydrogens is 398 g/mol. The van der Waals surface area contributed by atoms with Gasteiger partial charge in [0.05, 0.1) is 4.90 Å². The number of aryl methyl sites for hydroxylation is 1. The molecule has 1 fully saturated rings. The van der Waals surface area contributed by atoms with E-state index in [2.05, 4.69) is 10.9 Å². The molecule has 2 heterocycles. The molecular formula is C19H21N3O4S2. The van der Waals surface area contributed by atoms with Gasteiger partial charge in [-0.15, -0.1) is 11.3 Å². The van der Waals surface area contributed by atoms with Crippen molar-refractivity contribution in [2.45, 2.75) is 24.7 Å². The number of hydrogen-bond donors (Lipinski definition) is 2. The quantitative estimate of drug-likeness (QED) is 0.574. The Morgan fingerprint density at radius 3 is 2.57 bits per heavy atom. The molecule has 0 spiro atoms. The summed E-state index contributed by atoms with van der Waals surface area (Å²) in [5, 5.41) is 1.93. The monoisotopic (exact) mass is 419 g/mol. The van der Waals surface area contributed by atoms with E-state index in [9.17, 15) is 18.0 Å². The summed E-state index contributed by atoms with van der Waals surface area (Å²) >= 11 is 1.51. The summed E-state index contributed by atoms with van der Waals surface area (Å²) in [6, 6.07) is 7.75. The van der Waals surface area contributed by atoms with E-state index in [4.69, 9.17) is 0 Å². The number of nitrogens with one attached hydrogen (secondary N) is 2. The van der Waals surface area contributed by atoms with Crippen molar-refractivity contribution in [3.05, 3.63) is 57.8 Å². The molecule has 0 bridgehead atoms. The van der Waals surface area contributed by atoms with Crippen LogP contribution in [0.5, 0.6) is 0 Å². The van der Waals surface area contributed by atoms with E-state index in [1.54, 1.807) is 6.08 Å². The lowest BCUT2D eigenvalue weighted by Gasteiger charge is -2.16. The molecule has 1 aliphatic heterocycles. The number of carbonyl (C=O) groups excluding carboxylic acids is 2. The van der Waals surface area contributed by atoms with Gasteiger partial charge < -0.3 is 0 Å². The first-order chi connectivity index (χ1) is 13.4. The Hall–Kier alpha value is -2.49. The van der Waals surface area contributed by atoms with Gasteiger partial charge in [0.2, 0.25) is 10.0 Å². The minimum atomic E-state index is -3.61. The summed E-state index contributed by atoms with van der Waals surface area (Å²) in [5.74, 6) is -1.07. The Kier molecular flexibility index (Phi) is 6.28. The third-order valence-corrected chi connectivity index (χ3v) is 7.26. The second-order valence-electron chi connectivity index (χ2n) is 6.38. The lowest BCUT2D eigenvalue weighted by atomic mass is 10.2. The van der Waals surface area contributed by atoms with Crippen molar-refractivity contribution in [1.29, 1.82) is 0 Å². The highest BCUT2D eigenvalue weighted by molar-refractivity contribution is 7.89. The number of sulfonamides is 1. The highest BCUT2D eigenvalue weighted by atomic mass is 32.2. The number of nitrogens with zero attached hydrogens (tertiary/aromatic N) is 1.